The van der Waals surface area contributed by atoms with Crippen molar-refractivity contribution >= 4 is 21.1 Å². The molecule has 0 N–H and O–H groups in total. The van der Waals surface area contributed by atoms with Crippen LogP contribution < -0.4 is 11.2 Å². The maximum absolute atomic E-state index is 11.7. The van der Waals surface area contributed by atoms with Crippen molar-refractivity contribution in [2.75, 3.05) is 6.26 Å². The van der Waals surface area contributed by atoms with E-state index in [0.717, 1.165) is 21.6 Å². The lowest BCUT2D eigenvalue weighted by molar-refractivity contribution is 0.586. The highest BCUT2D eigenvalue weighted by Gasteiger charge is 2.15. The van der Waals surface area contributed by atoms with Crippen molar-refractivity contribution in [1.29, 1.82) is 0 Å². The van der Waals surface area contributed by atoms with E-state index in [-0.39, 0.29) is 11.0 Å². The molecule has 0 aliphatic carbocycles. The number of fused-ring (bicyclic) bond motifs is 1. The van der Waals surface area contributed by atoms with Crippen LogP contribution in [0.1, 0.15) is 0 Å². The van der Waals surface area contributed by atoms with E-state index in [4.69, 9.17) is 0 Å². The molecule has 0 unspecified atom stereocenters. The minimum Gasteiger partial charge on any atom is -0.279 e. The molecule has 2 heterocycles. The fraction of sp³-hybridized carbons (Fsp3) is 0.375. The first-order chi connectivity index (χ1) is 7.73. The van der Waals surface area contributed by atoms with Crippen molar-refractivity contribution in [3.63, 3.8) is 0 Å². The topological polar surface area (TPSA) is 96.0 Å². The molecule has 92 valence electrons. The van der Waals surface area contributed by atoms with Gasteiger partial charge in [-0.3, -0.25) is 13.9 Å². The van der Waals surface area contributed by atoms with E-state index in [1.54, 1.807) is 0 Å². The average molecular weight is 258 g/mol. The number of nitrogens with zero attached hydrogens (tertiary/aromatic N) is 4. The van der Waals surface area contributed by atoms with Crippen LogP contribution in [0.15, 0.2) is 15.8 Å². The molecule has 0 saturated carbocycles. The highest BCUT2D eigenvalue weighted by molar-refractivity contribution is 7.89. The van der Waals surface area contributed by atoms with Gasteiger partial charge in [0.25, 0.3) is 15.6 Å². The van der Waals surface area contributed by atoms with E-state index in [2.05, 4.69) is 5.10 Å². The van der Waals surface area contributed by atoms with Gasteiger partial charge in [0.1, 0.15) is 5.39 Å². The second-order valence-corrected chi connectivity index (χ2v) is 5.55. The Balaban J connectivity index is 3.07. The third-order valence-corrected chi connectivity index (χ3v) is 3.31. The van der Waals surface area contributed by atoms with Gasteiger partial charge in [0.05, 0.1) is 12.5 Å². The van der Waals surface area contributed by atoms with Crippen molar-refractivity contribution in [2.45, 2.75) is 0 Å². The lowest BCUT2D eigenvalue weighted by atomic mass is 10.4. The van der Waals surface area contributed by atoms with Crippen LogP contribution in [0.4, 0.5) is 0 Å². The predicted molar refractivity (Wildman–Crippen MR) is 60.5 cm³/mol. The highest BCUT2D eigenvalue weighted by atomic mass is 32.2. The summed E-state index contributed by atoms with van der Waals surface area (Å²) in [5.74, 6) is 0. The summed E-state index contributed by atoms with van der Waals surface area (Å²) in [6, 6.07) is 0. The SMILES string of the molecule is Cn1c(=O)c2cn(S(C)(=O)=O)nc2n(C)c1=O. The van der Waals surface area contributed by atoms with Gasteiger partial charge in [-0.05, 0) is 0 Å². The van der Waals surface area contributed by atoms with Crippen LogP contribution in [0, 0.1) is 0 Å². The quantitative estimate of drug-likeness (QED) is 0.604. The third kappa shape index (κ3) is 1.58. The summed E-state index contributed by atoms with van der Waals surface area (Å²) >= 11 is 0. The second-order valence-electron chi connectivity index (χ2n) is 3.71. The standard InChI is InChI=1S/C8H10N4O4S/c1-10-6-5(7(13)11(2)8(10)14)4-12(9-6)17(3,15)16/h4H,1-3H3. The average Bonchev–Trinajstić information content (AvgIpc) is 2.67. The lowest BCUT2D eigenvalue weighted by Gasteiger charge is -2.00. The van der Waals surface area contributed by atoms with Crippen molar-refractivity contribution in [3.8, 4) is 0 Å². The molecule has 0 aliphatic rings. The van der Waals surface area contributed by atoms with Crippen molar-refractivity contribution in [2.24, 2.45) is 14.1 Å². The number of aromatic nitrogens is 4. The first kappa shape index (κ1) is 11.6. The molecule has 0 radical (unpaired) electrons. The van der Waals surface area contributed by atoms with Crippen LogP contribution in [-0.2, 0) is 24.1 Å². The smallest absolute Gasteiger partial charge is 0.279 e. The summed E-state index contributed by atoms with van der Waals surface area (Å²) in [4.78, 5) is 23.3. The molecule has 0 fully saturated rings. The summed E-state index contributed by atoms with van der Waals surface area (Å²) in [6.45, 7) is 0. The van der Waals surface area contributed by atoms with Gasteiger partial charge >= 0.3 is 5.69 Å². The van der Waals surface area contributed by atoms with Crippen LogP contribution in [0.3, 0.4) is 0 Å². The summed E-state index contributed by atoms with van der Waals surface area (Å²) in [6.07, 6.45) is 2.06. The summed E-state index contributed by atoms with van der Waals surface area (Å²) in [5.41, 5.74) is -1.08. The number of aryl methyl sites for hydroxylation is 1. The van der Waals surface area contributed by atoms with Gasteiger partial charge in [-0.2, -0.15) is 4.09 Å². The molecule has 0 aromatic carbocycles. The number of hydrogen-bond donors (Lipinski definition) is 0. The van der Waals surface area contributed by atoms with E-state index in [1.807, 2.05) is 0 Å². The fourth-order valence-electron chi connectivity index (χ4n) is 1.50. The van der Waals surface area contributed by atoms with Gasteiger partial charge in [0.15, 0.2) is 5.65 Å². The Kier molecular flexibility index (Phi) is 2.24. The fourth-order valence-corrected chi connectivity index (χ4v) is 2.02. The minimum atomic E-state index is -3.58. The van der Waals surface area contributed by atoms with E-state index in [0.29, 0.717) is 4.09 Å². The Morgan fingerprint density at radius 2 is 1.76 bits per heavy atom. The third-order valence-electron chi connectivity index (χ3n) is 2.44. The second kappa shape index (κ2) is 3.29. The maximum Gasteiger partial charge on any atom is 0.332 e. The molecule has 0 aliphatic heterocycles. The van der Waals surface area contributed by atoms with Gasteiger partial charge < -0.3 is 0 Å². The largest absolute Gasteiger partial charge is 0.332 e. The van der Waals surface area contributed by atoms with Crippen LogP contribution in [0.2, 0.25) is 0 Å². The van der Waals surface area contributed by atoms with Crippen molar-refractivity contribution in [3.05, 3.63) is 27.0 Å². The Labute approximate surface area is 95.8 Å². The molecule has 0 bridgehead atoms. The summed E-state index contributed by atoms with van der Waals surface area (Å²) in [7, 11) is -0.840. The zero-order chi connectivity index (χ0) is 13.0. The number of rotatable bonds is 1. The number of hydrogen-bond acceptors (Lipinski definition) is 5. The van der Waals surface area contributed by atoms with Gasteiger partial charge in [-0.25, -0.2) is 13.2 Å². The zero-order valence-electron chi connectivity index (χ0n) is 9.41. The molecule has 0 spiro atoms. The van der Waals surface area contributed by atoms with Crippen LogP contribution in [0.25, 0.3) is 11.0 Å². The molecular weight excluding hydrogens is 248 g/mol. The molecule has 0 atom stereocenters. The summed E-state index contributed by atoms with van der Waals surface area (Å²) in [5, 5.41) is 3.81. The van der Waals surface area contributed by atoms with Gasteiger partial charge in [-0.15, -0.1) is 5.10 Å². The van der Waals surface area contributed by atoms with Crippen LogP contribution in [-0.4, -0.2) is 33.0 Å². The van der Waals surface area contributed by atoms with Gasteiger partial charge in [0.2, 0.25) is 0 Å². The van der Waals surface area contributed by atoms with E-state index in [1.165, 1.54) is 14.1 Å². The minimum absolute atomic E-state index is 0.0449. The van der Waals surface area contributed by atoms with Crippen LogP contribution in [0.5, 0.6) is 0 Å². The molecule has 2 aromatic heterocycles. The lowest BCUT2D eigenvalue weighted by Crippen LogP contribution is -2.36. The molecule has 0 amide bonds. The molecule has 0 saturated heterocycles. The molecule has 2 aromatic rings. The Morgan fingerprint density at radius 1 is 1.18 bits per heavy atom. The summed E-state index contributed by atoms with van der Waals surface area (Å²) < 4.78 is 25.3. The first-order valence-electron chi connectivity index (χ1n) is 4.59. The van der Waals surface area contributed by atoms with Gasteiger partial charge in [0, 0.05) is 14.1 Å². The molecule has 2 rings (SSSR count). The van der Waals surface area contributed by atoms with E-state index >= 15 is 0 Å². The normalized spacial score (nSPS) is 12.2. The van der Waals surface area contributed by atoms with Crippen molar-refractivity contribution < 1.29 is 8.42 Å². The Hall–Kier alpha value is -1.90. The Bertz CT molecular complexity index is 824. The monoisotopic (exact) mass is 258 g/mol. The molecule has 9 heteroatoms. The molecule has 17 heavy (non-hydrogen) atoms. The van der Waals surface area contributed by atoms with E-state index < -0.39 is 21.3 Å². The molecule has 8 nitrogen and oxygen atoms in total. The predicted octanol–water partition coefficient (Wildman–Crippen LogP) is -1.76. The Morgan fingerprint density at radius 3 is 2.29 bits per heavy atom. The van der Waals surface area contributed by atoms with Crippen LogP contribution >= 0.6 is 0 Å². The maximum atomic E-state index is 11.7. The highest BCUT2D eigenvalue weighted by Crippen LogP contribution is 2.05. The first-order valence-corrected chi connectivity index (χ1v) is 6.44. The van der Waals surface area contributed by atoms with Crippen molar-refractivity contribution in [1.82, 2.24) is 18.3 Å². The zero-order valence-corrected chi connectivity index (χ0v) is 10.2. The van der Waals surface area contributed by atoms with Gasteiger partial charge in [-0.1, -0.05) is 0 Å². The van der Waals surface area contributed by atoms with E-state index in [9.17, 15) is 18.0 Å². The molecular formula is C8H10N4O4S.